The third-order valence-electron chi connectivity index (χ3n) is 3.78. The number of rotatable bonds is 9. The molecule has 148 valence electrons. The van der Waals surface area contributed by atoms with Crippen molar-refractivity contribution in [1.29, 1.82) is 0 Å². The van der Waals surface area contributed by atoms with Gasteiger partial charge in [-0.3, -0.25) is 9.59 Å². The number of anilines is 1. The summed E-state index contributed by atoms with van der Waals surface area (Å²) < 4.78 is 11.1. The summed E-state index contributed by atoms with van der Waals surface area (Å²) in [4.78, 5) is 27.7. The molecule has 0 aliphatic rings. The predicted octanol–water partition coefficient (Wildman–Crippen LogP) is 3.40. The normalized spacial score (nSPS) is 10.1. The zero-order valence-corrected chi connectivity index (χ0v) is 15.7. The lowest BCUT2D eigenvalue weighted by atomic mass is 10.3. The summed E-state index contributed by atoms with van der Waals surface area (Å²) in [7, 11) is 0. The largest absolute Gasteiger partial charge is 0.484 e. The average Bonchev–Trinajstić information content (AvgIpc) is 2.75. The molecule has 1 aromatic heterocycles. The van der Waals surface area contributed by atoms with Gasteiger partial charge in [0.1, 0.15) is 23.1 Å². The van der Waals surface area contributed by atoms with E-state index in [0.29, 0.717) is 17.3 Å². The van der Waals surface area contributed by atoms with Crippen molar-refractivity contribution in [3.05, 3.63) is 79.0 Å². The fourth-order valence-electron chi connectivity index (χ4n) is 2.39. The summed E-state index contributed by atoms with van der Waals surface area (Å²) in [5, 5.41) is 5.30. The molecule has 2 aromatic carbocycles. The molecule has 3 rings (SSSR count). The highest BCUT2D eigenvalue weighted by molar-refractivity contribution is 5.90. The van der Waals surface area contributed by atoms with E-state index in [9.17, 15) is 9.59 Å². The van der Waals surface area contributed by atoms with Crippen molar-refractivity contribution >= 4 is 17.6 Å². The fourth-order valence-corrected chi connectivity index (χ4v) is 2.39. The lowest BCUT2D eigenvalue weighted by molar-refractivity contribution is -0.123. The minimum Gasteiger partial charge on any atom is -0.484 e. The first kappa shape index (κ1) is 19.9. The molecular weight excluding hydrogens is 370 g/mol. The van der Waals surface area contributed by atoms with Crippen LogP contribution in [-0.2, 0) is 9.59 Å². The van der Waals surface area contributed by atoms with Crippen LogP contribution in [0.3, 0.4) is 0 Å². The number of hydrogen-bond acceptors (Lipinski definition) is 5. The first-order chi connectivity index (χ1) is 14.2. The molecule has 0 aliphatic heterocycles. The predicted molar refractivity (Wildman–Crippen MR) is 109 cm³/mol. The number of carbonyl (C=O) groups excluding carboxylic acids is 2. The Kier molecular flexibility index (Phi) is 7.17. The van der Waals surface area contributed by atoms with E-state index in [1.807, 2.05) is 30.3 Å². The minimum absolute atomic E-state index is 0.138. The van der Waals surface area contributed by atoms with Crippen molar-refractivity contribution in [1.82, 2.24) is 10.3 Å². The van der Waals surface area contributed by atoms with Crippen LogP contribution in [0.15, 0.2) is 79.0 Å². The molecule has 2 N–H and O–H groups in total. The minimum atomic E-state index is -0.305. The maximum atomic E-state index is 11.9. The molecule has 0 unspecified atom stereocenters. The van der Waals surface area contributed by atoms with Crippen LogP contribution in [0.25, 0.3) is 0 Å². The molecule has 0 aliphatic carbocycles. The second kappa shape index (κ2) is 10.5. The van der Waals surface area contributed by atoms with Gasteiger partial charge >= 0.3 is 0 Å². The van der Waals surface area contributed by atoms with E-state index in [0.717, 1.165) is 5.75 Å². The summed E-state index contributed by atoms with van der Waals surface area (Å²) in [6.07, 6.45) is 1.74. The van der Waals surface area contributed by atoms with Gasteiger partial charge in [-0.25, -0.2) is 4.98 Å². The maximum Gasteiger partial charge on any atom is 0.257 e. The van der Waals surface area contributed by atoms with Gasteiger partial charge in [-0.1, -0.05) is 24.3 Å². The van der Waals surface area contributed by atoms with E-state index in [1.165, 1.54) is 0 Å². The highest BCUT2D eigenvalue weighted by Crippen LogP contribution is 2.23. The maximum absolute atomic E-state index is 11.9. The number of para-hydroxylation sites is 1. The number of amides is 2. The van der Waals surface area contributed by atoms with E-state index in [1.54, 1.807) is 48.7 Å². The Hall–Kier alpha value is -3.87. The van der Waals surface area contributed by atoms with Gasteiger partial charge in [0.25, 0.3) is 5.91 Å². The van der Waals surface area contributed by atoms with Crippen LogP contribution in [0.4, 0.5) is 5.82 Å². The second-order valence-corrected chi connectivity index (χ2v) is 6.04. The number of nitrogens with zero attached hydrogens (tertiary/aromatic N) is 1. The summed E-state index contributed by atoms with van der Waals surface area (Å²) in [6, 6.07) is 21.7. The van der Waals surface area contributed by atoms with Crippen LogP contribution in [-0.4, -0.2) is 29.9 Å². The summed E-state index contributed by atoms with van der Waals surface area (Å²) in [6.45, 7) is 0.0749. The Bertz CT molecular complexity index is 916. The fraction of sp³-hybridized carbons (Fsp3) is 0.136. The number of nitrogens with one attached hydrogen (secondary N) is 2. The Morgan fingerprint density at radius 1 is 0.793 bits per heavy atom. The van der Waals surface area contributed by atoms with Gasteiger partial charge in [-0.15, -0.1) is 0 Å². The third kappa shape index (κ3) is 6.99. The molecule has 29 heavy (non-hydrogen) atoms. The van der Waals surface area contributed by atoms with Crippen molar-refractivity contribution < 1.29 is 19.1 Å². The smallest absolute Gasteiger partial charge is 0.257 e. The van der Waals surface area contributed by atoms with Gasteiger partial charge in [0.15, 0.2) is 6.61 Å². The topological polar surface area (TPSA) is 89.5 Å². The summed E-state index contributed by atoms with van der Waals surface area (Å²) >= 11 is 0. The van der Waals surface area contributed by atoms with Crippen molar-refractivity contribution in [2.24, 2.45) is 0 Å². The van der Waals surface area contributed by atoms with Crippen LogP contribution in [0.5, 0.6) is 17.2 Å². The molecule has 2 amide bonds. The van der Waals surface area contributed by atoms with Crippen LogP contribution in [0.2, 0.25) is 0 Å². The number of pyridine rings is 1. The molecule has 1 heterocycles. The van der Waals surface area contributed by atoms with Crippen LogP contribution in [0.1, 0.15) is 6.42 Å². The molecule has 0 atom stereocenters. The summed E-state index contributed by atoms with van der Waals surface area (Å²) in [5.41, 5.74) is 0. The number of ether oxygens (including phenoxy) is 2. The average molecular weight is 391 g/mol. The van der Waals surface area contributed by atoms with E-state index in [4.69, 9.17) is 9.47 Å². The van der Waals surface area contributed by atoms with E-state index >= 15 is 0 Å². The molecule has 7 nitrogen and oxygen atoms in total. The first-order valence-corrected chi connectivity index (χ1v) is 9.12. The summed E-state index contributed by atoms with van der Waals surface area (Å²) in [5.74, 6) is 1.92. The van der Waals surface area contributed by atoms with Crippen molar-refractivity contribution in [2.45, 2.75) is 6.42 Å². The van der Waals surface area contributed by atoms with Crippen molar-refractivity contribution in [3.63, 3.8) is 0 Å². The lowest BCUT2D eigenvalue weighted by Gasteiger charge is -2.09. The molecule has 3 aromatic rings. The number of aromatic nitrogens is 1. The molecular formula is C22H21N3O4. The Balaban J connectivity index is 1.34. The van der Waals surface area contributed by atoms with Gasteiger partial charge in [0, 0.05) is 19.2 Å². The second-order valence-electron chi connectivity index (χ2n) is 6.04. The lowest BCUT2D eigenvalue weighted by Crippen LogP contribution is -2.31. The van der Waals surface area contributed by atoms with Gasteiger partial charge < -0.3 is 20.1 Å². The molecule has 0 fully saturated rings. The highest BCUT2D eigenvalue weighted by Gasteiger charge is 2.06. The quantitative estimate of drug-likeness (QED) is 0.584. The third-order valence-corrected chi connectivity index (χ3v) is 3.78. The first-order valence-electron chi connectivity index (χ1n) is 9.12. The van der Waals surface area contributed by atoms with Crippen molar-refractivity contribution in [3.8, 4) is 17.2 Å². The Labute approximate surface area is 168 Å². The Morgan fingerprint density at radius 2 is 1.48 bits per heavy atom. The molecule has 0 radical (unpaired) electrons. The van der Waals surface area contributed by atoms with Crippen LogP contribution >= 0.6 is 0 Å². The van der Waals surface area contributed by atoms with Gasteiger partial charge in [0.05, 0.1) is 0 Å². The standard InChI is InChI=1S/C22H21N3O4/c26-21(25-20-8-4-5-14-23-20)13-15-24-22(27)16-28-17-9-11-19(12-10-17)29-18-6-2-1-3-7-18/h1-12,14H,13,15-16H2,(H,24,27)(H,23,25,26). The zero-order valence-electron chi connectivity index (χ0n) is 15.7. The van der Waals surface area contributed by atoms with Crippen molar-refractivity contribution in [2.75, 3.05) is 18.5 Å². The molecule has 0 spiro atoms. The van der Waals surface area contributed by atoms with Crippen LogP contribution in [0, 0.1) is 0 Å². The van der Waals surface area contributed by atoms with E-state index in [-0.39, 0.29) is 31.4 Å². The number of carbonyl (C=O) groups is 2. The monoisotopic (exact) mass is 391 g/mol. The van der Waals surface area contributed by atoms with E-state index in [2.05, 4.69) is 15.6 Å². The number of benzene rings is 2. The van der Waals surface area contributed by atoms with Gasteiger partial charge in [0.2, 0.25) is 5.91 Å². The number of hydrogen-bond donors (Lipinski definition) is 2. The Morgan fingerprint density at radius 3 is 2.21 bits per heavy atom. The van der Waals surface area contributed by atoms with Crippen LogP contribution < -0.4 is 20.1 Å². The molecule has 0 saturated heterocycles. The molecule has 0 saturated carbocycles. The highest BCUT2D eigenvalue weighted by atomic mass is 16.5. The van der Waals surface area contributed by atoms with E-state index < -0.39 is 0 Å². The molecule has 7 heteroatoms. The SMILES string of the molecule is O=C(COc1ccc(Oc2ccccc2)cc1)NCCC(=O)Nc1ccccn1. The van der Waals surface area contributed by atoms with Gasteiger partial charge in [-0.2, -0.15) is 0 Å². The zero-order chi connectivity index (χ0) is 20.3. The van der Waals surface area contributed by atoms with Gasteiger partial charge in [-0.05, 0) is 48.5 Å². The molecule has 0 bridgehead atoms.